The van der Waals surface area contributed by atoms with Crippen LogP contribution in [0.1, 0.15) is 29.7 Å². The molecule has 2 rings (SSSR count). The molecule has 0 fully saturated rings. The third-order valence-electron chi connectivity index (χ3n) is 3.38. The normalized spacial score (nSPS) is 12.2. The molecule has 0 spiro atoms. The average Bonchev–Trinajstić information content (AvgIpc) is 2.45. The summed E-state index contributed by atoms with van der Waals surface area (Å²) in [5, 5.41) is 3.45. The molecule has 1 N–H and O–H groups in total. The van der Waals surface area contributed by atoms with Crippen molar-refractivity contribution in [2.24, 2.45) is 0 Å². The lowest BCUT2D eigenvalue weighted by Gasteiger charge is -2.21. The van der Waals surface area contributed by atoms with Crippen molar-refractivity contribution in [1.82, 2.24) is 5.32 Å². The highest BCUT2D eigenvalue weighted by molar-refractivity contribution is 5.40. The van der Waals surface area contributed by atoms with E-state index in [9.17, 15) is 4.39 Å². The molecule has 1 unspecified atom stereocenters. The molecule has 106 valence electrons. The van der Waals surface area contributed by atoms with Gasteiger partial charge in [0.1, 0.15) is 11.6 Å². The van der Waals surface area contributed by atoms with E-state index in [0.29, 0.717) is 0 Å². The fourth-order valence-electron chi connectivity index (χ4n) is 2.40. The van der Waals surface area contributed by atoms with Crippen molar-refractivity contribution < 1.29 is 9.13 Å². The molecule has 0 aliphatic heterocycles. The summed E-state index contributed by atoms with van der Waals surface area (Å²) in [4.78, 5) is 0. The molecule has 2 aromatic rings. The summed E-state index contributed by atoms with van der Waals surface area (Å²) in [5.41, 5.74) is 3.14. The van der Waals surface area contributed by atoms with E-state index < -0.39 is 0 Å². The number of aryl methyl sites for hydroxylation is 1. The van der Waals surface area contributed by atoms with E-state index in [1.54, 1.807) is 13.2 Å². The van der Waals surface area contributed by atoms with Crippen molar-refractivity contribution >= 4 is 0 Å². The zero-order valence-electron chi connectivity index (χ0n) is 12.1. The minimum absolute atomic E-state index is 0.0377. The van der Waals surface area contributed by atoms with Crippen molar-refractivity contribution in [1.29, 1.82) is 0 Å². The molecule has 2 aromatic carbocycles. The largest absolute Gasteiger partial charge is 0.497 e. The fourth-order valence-corrected chi connectivity index (χ4v) is 2.40. The molecule has 0 bridgehead atoms. The second-order valence-corrected chi connectivity index (χ2v) is 4.77. The molecule has 0 aliphatic carbocycles. The van der Waals surface area contributed by atoms with Crippen LogP contribution in [0.4, 0.5) is 4.39 Å². The molecule has 0 aromatic heterocycles. The Bertz CT molecular complexity index is 583. The summed E-state index contributed by atoms with van der Waals surface area (Å²) in [6.45, 7) is 4.83. The van der Waals surface area contributed by atoms with Crippen molar-refractivity contribution in [3.05, 3.63) is 65.0 Å². The van der Waals surface area contributed by atoms with Crippen LogP contribution >= 0.6 is 0 Å². The first-order valence-corrected chi connectivity index (χ1v) is 6.79. The highest BCUT2D eigenvalue weighted by atomic mass is 19.1. The Kier molecular flexibility index (Phi) is 4.74. The van der Waals surface area contributed by atoms with E-state index in [-0.39, 0.29) is 11.9 Å². The molecule has 20 heavy (non-hydrogen) atoms. The Hall–Kier alpha value is -1.87. The second kappa shape index (κ2) is 6.53. The van der Waals surface area contributed by atoms with Gasteiger partial charge in [0.15, 0.2) is 0 Å². The van der Waals surface area contributed by atoms with Crippen LogP contribution in [0.2, 0.25) is 0 Å². The van der Waals surface area contributed by atoms with Crippen LogP contribution in [0.25, 0.3) is 0 Å². The van der Waals surface area contributed by atoms with Gasteiger partial charge in [0.2, 0.25) is 0 Å². The molecule has 1 atom stereocenters. The number of methoxy groups -OCH3 is 1. The maximum atomic E-state index is 13.3. The minimum Gasteiger partial charge on any atom is -0.497 e. The van der Waals surface area contributed by atoms with Gasteiger partial charge >= 0.3 is 0 Å². The molecule has 0 saturated heterocycles. The number of nitrogens with one attached hydrogen (secondary N) is 1. The number of hydrogen-bond acceptors (Lipinski definition) is 2. The molecule has 2 nitrogen and oxygen atoms in total. The third-order valence-corrected chi connectivity index (χ3v) is 3.38. The minimum atomic E-state index is -0.202. The molecule has 3 heteroatoms. The second-order valence-electron chi connectivity index (χ2n) is 4.77. The van der Waals surface area contributed by atoms with E-state index in [1.807, 2.05) is 31.2 Å². The topological polar surface area (TPSA) is 21.3 Å². The van der Waals surface area contributed by atoms with Gasteiger partial charge in [-0.05, 0) is 54.4 Å². The van der Waals surface area contributed by atoms with Crippen molar-refractivity contribution in [2.75, 3.05) is 13.7 Å². The van der Waals surface area contributed by atoms with Crippen LogP contribution in [-0.2, 0) is 0 Å². The third kappa shape index (κ3) is 3.17. The first-order valence-electron chi connectivity index (χ1n) is 6.79. The first kappa shape index (κ1) is 14.5. The van der Waals surface area contributed by atoms with Gasteiger partial charge in [0.25, 0.3) is 0 Å². The zero-order chi connectivity index (χ0) is 14.5. The number of benzene rings is 2. The van der Waals surface area contributed by atoms with Gasteiger partial charge in [-0.15, -0.1) is 0 Å². The Morgan fingerprint density at radius 2 is 2.00 bits per heavy atom. The van der Waals surface area contributed by atoms with Gasteiger partial charge in [0.05, 0.1) is 13.2 Å². The van der Waals surface area contributed by atoms with E-state index in [2.05, 4.69) is 18.3 Å². The SMILES string of the molecule is CCNC(c1cccc(OC)c1)c1ccc(F)cc1C. The maximum Gasteiger partial charge on any atom is 0.123 e. The Morgan fingerprint density at radius 1 is 1.20 bits per heavy atom. The lowest BCUT2D eigenvalue weighted by Crippen LogP contribution is -2.22. The molecule has 0 amide bonds. The molecular formula is C17H20FNO. The molecule has 0 saturated carbocycles. The van der Waals surface area contributed by atoms with E-state index in [1.165, 1.54) is 6.07 Å². The van der Waals surface area contributed by atoms with Gasteiger partial charge in [-0.2, -0.15) is 0 Å². The Balaban J connectivity index is 2.44. The van der Waals surface area contributed by atoms with E-state index in [4.69, 9.17) is 4.74 Å². The summed E-state index contributed by atoms with van der Waals surface area (Å²) in [6.07, 6.45) is 0. The van der Waals surface area contributed by atoms with Crippen molar-refractivity contribution in [3.63, 3.8) is 0 Å². The highest BCUT2D eigenvalue weighted by Crippen LogP contribution is 2.27. The van der Waals surface area contributed by atoms with Crippen LogP contribution in [0.3, 0.4) is 0 Å². The zero-order valence-corrected chi connectivity index (χ0v) is 12.1. The van der Waals surface area contributed by atoms with Gasteiger partial charge in [-0.3, -0.25) is 0 Å². The monoisotopic (exact) mass is 273 g/mol. The summed E-state index contributed by atoms with van der Waals surface area (Å²) in [6, 6.07) is 12.9. The van der Waals surface area contributed by atoms with Crippen LogP contribution < -0.4 is 10.1 Å². The van der Waals surface area contributed by atoms with Gasteiger partial charge < -0.3 is 10.1 Å². The van der Waals surface area contributed by atoms with Gasteiger partial charge in [-0.1, -0.05) is 25.1 Å². The number of rotatable bonds is 5. The van der Waals surface area contributed by atoms with E-state index >= 15 is 0 Å². The molecule has 0 heterocycles. The molecule has 0 aliphatic rings. The first-order chi connectivity index (χ1) is 9.65. The van der Waals surface area contributed by atoms with Crippen molar-refractivity contribution in [3.8, 4) is 5.75 Å². The van der Waals surface area contributed by atoms with Gasteiger partial charge in [0, 0.05) is 0 Å². The standard InChI is InChI=1S/C17H20FNO/c1-4-19-17(13-6-5-7-15(11-13)20-3)16-9-8-14(18)10-12(16)2/h5-11,17,19H,4H2,1-3H3. The predicted molar refractivity (Wildman–Crippen MR) is 79.7 cm³/mol. The lowest BCUT2D eigenvalue weighted by molar-refractivity contribution is 0.413. The Morgan fingerprint density at radius 3 is 2.65 bits per heavy atom. The van der Waals surface area contributed by atoms with Crippen LogP contribution in [0, 0.1) is 12.7 Å². The lowest BCUT2D eigenvalue weighted by atomic mass is 9.94. The van der Waals surface area contributed by atoms with Crippen LogP contribution in [-0.4, -0.2) is 13.7 Å². The van der Waals surface area contributed by atoms with Crippen LogP contribution in [0.15, 0.2) is 42.5 Å². The summed E-state index contributed by atoms with van der Waals surface area (Å²) >= 11 is 0. The summed E-state index contributed by atoms with van der Waals surface area (Å²) < 4.78 is 18.6. The Labute approximate surface area is 119 Å². The number of halogens is 1. The van der Waals surface area contributed by atoms with E-state index in [0.717, 1.165) is 29.0 Å². The molecular weight excluding hydrogens is 253 g/mol. The summed E-state index contributed by atoms with van der Waals surface area (Å²) in [5.74, 6) is 0.623. The number of hydrogen-bond donors (Lipinski definition) is 1. The summed E-state index contributed by atoms with van der Waals surface area (Å²) in [7, 11) is 1.66. The highest BCUT2D eigenvalue weighted by Gasteiger charge is 2.16. The van der Waals surface area contributed by atoms with Crippen molar-refractivity contribution in [2.45, 2.75) is 19.9 Å². The molecule has 0 radical (unpaired) electrons. The fraction of sp³-hybridized carbons (Fsp3) is 0.294. The number of ether oxygens (including phenoxy) is 1. The average molecular weight is 273 g/mol. The van der Waals surface area contributed by atoms with Crippen LogP contribution in [0.5, 0.6) is 5.75 Å². The quantitative estimate of drug-likeness (QED) is 0.893. The smallest absolute Gasteiger partial charge is 0.123 e. The van der Waals surface area contributed by atoms with Gasteiger partial charge in [-0.25, -0.2) is 4.39 Å². The predicted octanol–water partition coefficient (Wildman–Crippen LogP) is 3.84. The maximum absolute atomic E-state index is 13.3.